The van der Waals surface area contributed by atoms with Crippen molar-refractivity contribution >= 4 is 29.1 Å². The minimum absolute atomic E-state index is 0.0883. The normalized spacial score (nSPS) is 9.53. The van der Waals surface area contributed by atoms with Gasteiger partial charge in [-0.3, -0.25) is 20.4 Å². The number of hydrogen-bond acceptors (Lipinski definition) is 3. The summed E-state index contributed by atoms with van der Waals surface area (Å²) >= 11 is 4.89. The molecule has 0 saturated heterocycles. The molecule has 0 aliphatic carbocycles. The Labute approximate surface area is 117 Å². The lowest BCUT2D eigenvalue weighted by atomic mass is 10.1. The average Bonchev–Trinajstić information content (AvgIpc) is 2.38. The number of hydrogen-bond donors (Lipinski definition) is 3. The number of thiocarbonyl (C=S) groups is 1. The lowest BCUT2D eigenvalue weighted by molar-refractivity contribution is -0.122. The van der Waals surface area contributed by atoms with Crippen molar-refractivity contribution < 1.29 is 9.59 Å². The second-order valence-electron chi connectivity index (χ2n) is 3.96. The van der Waals surface area contributed by atoms with Crippen LogP contribution in [0.1, 0.15) is 25.3 Å². The first-order valence-electron chi connectivity index (χ1n) is 6.04. The summed E-state index contributed by atoms with van der Waals surface area (Å²) in [5.41, 5.74) is 5.79. The van der Waals surface area contributed by atoms with Crippen LogP contribution in [-0.2, 0) is 16.0 Å². The quantitative estimate of drug-likeness (QED) is 0.569. The summed E-state index contributed by atoms with van der Waals surface area (Å²) in [6.07, 6.45) is 1.40. The van der Waals surface area contributed by atoms with Crippen molar-refractivity contribution in [1.29, 1.82) is 0 Å². The Hall–Kier alpha value is -1.95. The summed E-state index contributed by atoms with van der Waals surface area (Å²) in [7, 11) is 0. The van der Waals surface area contributed by atoms with Crippen LogP contribution >= 0.6 is 12.2 Å². The Bertz CT molecular complexity index is 448. The predicted molar refractivity (Wildman–Crippen MR) is 77.1 cm³/mol. The first-order valence-corrected chi connectivity index (χ1v) is 6.45. The van der Waals surface area contributed by atoms with E-state index in [1.807, 2.05) is 37.3 Å². The third-order valence-electron chi connectivity index (χ3n) is 2.25. The maximum absolute atomic E-state index is 11.6. The molecule has 2 amide bonds. The van der Waals surface area contributed by atoms with Crippen LogP contribution in [-0.4, -0.2) is 16.9 Å². The van der Waals surface area contributed by atoms with Gasteiger partial charge in [0.25, 0.3) is 0 Å². The SMILES string of the molecule is CCCC(=O)NNC(=S)NC(=O)Cc1ccccc1. The number of hydrazine groups is 1. The van der Waals surface area contributed by atoms with Gasteiger partial charge in [-0.15, -0.1) is 0 Å². The minimum Gasteiger partial charge on any atom is -0.302 e. The van der Waals surface area contributed by atoms with Gasteiger partial charge in [0.15, 0.2) is 5.11 Å². The van der Waals surface area contributed by atoms with Crippen LogP contribution in [0.3, 0.4) is 0 Å². The third kappa shape index (κ3) is 6.52. The van der Waals surface area contributed by atoms with Gasteiger partial charge in [0.05, 0.1) is 6.42 Å². The molecule has 1 rings (SSSR count). The van der Waals surface area contributed by atoms with Gasteiger partial charge in [-0.25, -0.2) is 0 Å². The second kappa shape index (κ2) is 8.20. The Morgan fingerprint density at radius 3 is 2.42 bits per heavy atom. The van der Waals surface area contributed by atoms with E-state index in [1.54, 1.807) is 0 Å². The van der Waals surface area contributed by atoms with Crippen LogP contribution in [0.15, 0.2) is 30.3 Å². The molecule has 0 saturated carbocycles. The molecular weight excluding hydrogens is 262 g/mol. The standard InChI is InChI=1S/C13H17N3O2S/c1-2-6-11(17)15-16-13(19)14-12(18)9-10-7-4-3-5-8-10/h3-5,7-8H,2,6,9H2,1H3,(H,15,17)(H2,14,16,18,19). The first-order chi connectivity index (χ1) is 9.11. The number of carbonyl (C=O) groups excluding carboxylic acids is 2. The average molecular weight is 279 g/mol. The van der Waals surface area contributed by atoms with E-state index in [0.29, 0.717) is 6.42 Å². The molecule has 6 heteroatoms. The molecule has 0 bridgehead atoms. The van der Waals surface area contributed by atoms with E-state index < -0.39 is 0 Å². The van der Waals surface area contributed by atoms with Gasteiger partial charge in [0.1, 0.15) is 0 Å². The molecule has 1 aromatic rings. The van der Waals surface area contributed by atoms with Crippen LogP contribution < -0.4 is 16.2 Å². The first kappa shape index (κ1) is 15.1. The van der Waals surface area contributed by atoms with E-state index in [2.05, 4.69) is 16.2 Å². The Kier molecular flexibility index (Phi) is 6.52. The zero-order chi connectivity index (χ0) is 14.1. The summed E-state index contributed by atoms with van der Waals surface area (Å²) in [5.74, 6) is -0.393. The number of benzene rings is 1. The van der Waals surface area contributed by atoms with Crippen molar-refractivity contribution in [1.82, 2.24) is 16.2 Å². The smallest absolute Gasteiger partial charge is 0.238 e. The molecule has 5 nitrogen and oxygen atoms in total. The van der Waals surface area contributed by atoms with Crippen molar-refractivity contribution in [3.8, 4) is 0 Å². The summed E-state index contributed by atoms with van der Waals surface area (Å²) in [6, 6.07) is 9.34. The van der Waals surface area contributed by atoms with Gasteiger partial charge in [-0.2, -0.15) is 0 Å². The fourth-order valence-electron chi connectivity index (χ4n) is 1.40. The van der Waals surface area contributed by atoms with E-state index in [4.69, 9.17) is 12.2 Å². The minimum atomic E-state index is -0.228. The van der Waals surface area contributed by atoms with E-state index in [1.165, 1.54) is 0 Å². The Balaban J connectivity index is 2.28. The molecule has 0 aromatic heterocycles. The van der Waals surface area contributed by atoms with Crippen LogP contribution in [0.5, 0.6) is 0 Å². The number of nitrogens with one attached hydrogen (secondary N) is 3. The van der Waals surface area contributed by atoms with Gasteiger partial charge in [-0.05, 0) is 24.2 Å². The molecular formula is C13H17N3O2S. The van der Waals surface area contributed by atoms with Gasteiger partial charge in [0, 0.05) is 6.42 Å². The molecule has 0 aliphatic heterocycles. The highest BCUT2D eigenvalue weighted by molar-refractivity contribution is 7.80. The van der Waals surface area contributed by atoms with E-state index >= 15 is 0 Å². The fourth-order valence-corrected chi connectivity index (χ4v) is 1.56. The van der Waals surface area contributed by atoms with Crippen molar-refractivity contribution in [2.24, 2.45) is 0 Å². The highest BCUT2D eigenvalue weighted by Gasteiger charge is 2.06. The predicted octanol–water partition coefficient (Wildman–Crippen LogP) is 1.05. The monoisotopic (exact) mass is 279 g/mol. The van der Waals surface area contributed by atoms with Crippen LogP contribution in [0.2, 0.25) is 0 Å². The molecule has 102 valence electrons. The second-order valence-corrected chi connectivity index (χ2v) is 4.37. The van der Waals surface area contributed by atoms with Crippen molar-refractivity contribution in [2.45, 2.75) is 26.2 Å². The molecule has 0 radical (unpaired) electrons. The molecule has 0 unspecified atom stereocenters. The fraction of sp³-hybridized carbons (Fsp3) is 0.308. The molecule has 0 heterocycles. The number of amides is 2. The topological polar surface area (TPSA) is 70.2 Å². The van der Waals surface area contributed by atoms with Gasteiger partial charge in [-0.1, -0.05) is 37.3 Å². The van der Waals surface area contributed by atoms with Crippen LogP contribution in [0.25, 0.3) is 0 Å². The third-order valence-corrected chi connectivity index (χ3v) is 2.46. The zero-order valence-corrected chi connectivity index (χ0v) is 11.5. The van der Waals surface area contributed by atoms with Gasteiger partial charge >= 0.3 is 0 Å². The maximum atomic E-state index is 11.6. The van der Waals surface area contributed by atoms with Crippen molar-refractivity contribution in [2.75, 3.05) is 0 Å². The summed E-state index contributed by atoms with van der Waals surface area (Å²) in [6.45, 7) is 1.90. The highest BCUT2D eigenvalue weighted by atomic mass is 32.1. The Morgan fingerprint density at radius 2 is 1.79 bits per heavy atom. The summed E-state index contributed by atoms with van der Waals surface area (Å²) < 4.78 is 0. The molecule has 19 heavy (non-hydrogen) atoms. The summed E-state index contributed by atoms with van der Waals surface area (Å²) in [4.78, 5) is 22.8. The largest absolute Gasteiger partial charge is 0.302 e. The molecule has 0 aliphatic rings. The van der Waals surface area contributed by atoms with E-state index in [-0.39, 0.29) is 23.3 Å². The highest BCUT2D eigenvalue weighted by Crippen LogP contribution is 1.98. The molecule has 0 spiro atoms. The van der Waals surface area contributed by atoms with E-state index in [9.17, 15) is 9.59 Å². The van der Waals surface area contributed by atoms with Gasteiger partial charge < -0.3 is 5.32 Å². The zero-order valence-electron chi connectivity index (χ0n) is 10.7. The molecule has 1 aromatic carbocycles. The van der Waals surface area contributed by atoms with Crippen LogP contribution in [0, 0.1) is 0 Å². The lowest BCUT2D eigenvalue weighted by Crippen LogP contribution is -2.48. The van der Waals surface area contributed by atoms with Gasteiger partial charge in [0.2, 0.25) is 11.8 Å². The Morgan fingerprint density at radius 1 is 1.11 bits per heavy atom. The molecule has 0 atom stereocenters. The van der Waals surface area contributed by atoms with Crippen molar-refractivity contribution in [3.05, 3.63) is 35.9 Å². The molecule has 0 fully saturated rings. The summed E-state index contributed by atoms with van der Waals surface area (Å²) in [5, 5.41) is 2.58. The van der Waals surface area contributed by atoms with Crippen molar-refractivity contribution in [3.63, 3.8) is 0 Å². The number of carbonyl (C=O) groups is 2. The lowest BCUT2D eigenvalue weighted by Gasteiger charge is -2.10. The number of rotatable bonds is 4. The van der Waals surface area contributed by atoms with Crippen LogP contribution in [0.4, 0.5) is 0 Å². The molecule has 3 N–H and O–H groups in total. The maximum Gasteiger partial charge on any atom is 0.238 e. The van der Waals surface area contributed by atoms with E-state index in [0.717, 1.165) is 12.0 Å².